The van der Waals surface area contributed by atoms with Crippen molar-refractivity contribution in [2.45, 2.75) is 78.4 Å². The molecule has 0 bridgehead atoms. The normalized spacial score (nSPS) is 12.8. The molecule has 122 valence electrons. The molecule has 1 N–H and O–H groups in total. The number of rotatable bonds is 13. The van der Waals surface area contributed by atoms with Crippen LogP contribution in [0.4, 0.5) is 0 Å². The fourth-order valence-corrected chi connectivity index (χ4v) is 3.45. The fourth-order valence-electron chi connectivity index (χ4n) is 1.69. The second-order valence-corrected chi connectivity index (χ2v) is 8.34. The Balaban J connectivity index is 4.64. The van der Waals surface area contributed by atoms with Crippen molar-refractivity contribution in [3.05, 3.63) is 0 Å². The van der Waals surface area contributed by atoms with Gasteiger partial charge >= 0.3 is 7.60 Å². The smallest absolute Gasteiger partial charge is 0.307 e. The molecule has 0 rings (SSSR count). The van der Waals surface area contributed by atoms with Gasteiger partial charge in [-0.15, -0.1) is 0 Å². The van der Waals surface area contributed by atoms with Crippen molar-refractivity contribution < 1.29 is 13.6 Å². The van der Waals surface area contributed by atoms with Crippen LogP contribution in [0.2, 0.25) is 0 Å². The maximum atomic E-state index is 13.1. The Morgan fingerprint density at radius 1 is 0.900 bits per heavy atom. The van der Waals surface area contributed by atoms with Crippen LogP contribution in [-0.2, 0) is 13.6 Å². The maximum absolute atomic E-state index is 13.1. The Labute approximate surface area is 125 Å². The molecule has 4 nitrogen and oxygen atoms in total. The molecule has 0 aliphatic heterocycles. The summed E-state index contributed by atoms with van der Waals surface area (Å²) in [5.41, 5.74) is 0. The molecule has 0 aliphatic rings. The lowest BCUT2D eigenvalue weighted by molar-refractivity contribution is 0.176. The largest absolute Gasteiger partial charge is 0.349 e. The van der Waals surface area contributed by atoms with E-state index < -0.39 is 12.9 Å². The number of nitrogens with one attached hydrogen (secondary N) is 1. The third kappa shape index (κ3) is 7.21. The van der Waals surface area contributed by atoms with Gasteiger partial charge in [-0.1, -0.05) is 40.0 Å². The van der Waals surface area contributed by atoms with Gasteiger partial charge in [0.2, 0.25) is 0 Å². The van der Waals surface area contributed by atoms with Crippen molar-refractivity contribution >= 4 is 7.60 Å². The Hall–Kier alpha value is 0.110. The third-order valence-electron chi connectivity index (χ3n) is 3.29. The van der Waals surface area contributed by atoms with E-state index in [4.69, 9.17) is 9.05 Å². The van der Waals surface area contributed by atoms with Crippen LogP contribution >= 0.6 is 7.60 Å². The average molecular weight is 307 g/mol. The van der Waals surface area contributed by atoms with Crippen LogP contribution in [0.5, 0.6) is 0 Å². The number of unbranched alkanes of at least 4 members (excludes halogenated alkanes) is 3. The summed E-state index contributed by atoms with van der Waals surface area (Å²) in [7, 11) is -3.13. The van der Waals surface area contributed by atoms with Gasteiger partial charge in [0, 0.05) is 0 Å². The Morgan fingerprint density at radius 3 is 1.75 bits per heavy atom. The quantitative estimate of drug-likeness (QED) is 0.387. The van der Waals surface area contributed by atoms with Gasteiger partial charge in [0.15, 0.2) is 0 Å². The molecule has 0 radical (unpaired) electrons. The highest BCUT2D eigenvalue weighted by Gasteiger charge is 2.43. The van der Waals surface area contributed by atoms with Crippen LogP contribution in [0, 0.1) is 0 Å². The minimum Gasteiger partial charge on any atom is -0.307 e. The lowest BCUT2D eigenvalue weighted by Gasteiger charge is -2.34. The van der Waals surface area contributed by atoms with Crippen molar-refractivity contribution in [1.29, 1.82) is 0 Å². The maximum Gasteiger partial charge on any atom is 0.349 e. The minimum atomic E-state index is -3.13. The highest BCUT2D eigenvalue weighted by atomic mass is 31.2. The zero-order valence-electron chi connectivity index (χ0n) is 14.0. The summed E-state index contributed by atoms with van der Waals surface area (Å²) >= 11 is 0. The van der Waals surface area contributed by atoms with Crippen LogP contribution in [0.1, 0.15) is 73.1 Å². The summed E-state index contributed by atoms with van der Waals surface area (Å²) in [5, 5.41) is 2.71. The van der Waals surface area contributed by atoms with Crippen molar-refractivity contribution in [3.8, 4) is 0 Å². The topological polar surface area (TPSA) is 47.6 Å². The van der Waals surface area contributed by atoms with E-state index in [1.165, 1.54) is 0 Å². The molecule has 0 amide bonds. The summed E-state index contributed by atoms with van der Waals surface area (Å²) in [6, 6.07) is 0. The van der Waals surface area contributed by atoms with E-state index in [1.54, 1.807) is 0 Å². The lowest BCUT2D eigenvalue weighted by atomic mass is 10.3. The zero-order chi connectivity index (χ0) is 15.5. The third-order valence-corrected chi connectivity index (χ3v) is 5.86. The molecule has 0 aliphatic carbocycles. The van der Waals surface area contributed by atoms with Gasteiger partial charge in [0.1, 0.15) is 5.28 Å². The molecule has 0 spiro atoms. The zero-order valence-corrected chi connectivity index (χ0v) is 14.9. The molecule has 20 heavy (non-hydrogen) atoms. The van der Waals surface area contributed by atoms with E-state index in [9.17, 15) is 4.57 Å². The lowest BCUT2D eigenvalue weighted by Crippen LogP contribution is -2.41. The van der Waals surface area contributed by atoms with Crippen LogP contribution in [-0.4, -0.2) is 25.0 Å². The standard InChI is InChI=1S/C15H34NO3P/c1-6-9-12-16-15(4,5)20(17,18-13-10-7-2)19-14-11-8-3/h16H,6-14H2,1-5H3. The summed E-state index contributed by atoms with van der Waals surface area (Å²) in [6.45, 7) is 12.0. The van der Waals surface area contributed by atoms with Gasteiger partial charge in [0.25, 0.3) is 0 Å². The average Bonchev–Trinajstić information content (AvgIpc) is 2.39. The monoisotopic (exact) mass is 307 g/mol. The molecular formula is C15H34NO3P. The van der Waals surface area contributed by atoms with E-state index in [0.29, 0.717) is 13.2 Å². The molecule has 0 aromatic heterocycles. The first kappa shape index (κ1) is 20.1. The van der Waals surface area contributed by atoms with E-state index >= 15 is 0 Å². The first-order valence-electron chi connectivity index (χ1n) is 8.07. The van der Waals surface area contributed by atoms with Crippen molar-refractivity contribution in [1.82, 2.24) is 5.32 Å². The molecule has 5 heteroatoms. The van der Waals surface area contributed by atoms with Gasteiger partial charge in [-0.05, 0) is 39.7 Å². The van der Waals surface area contributed by atoms with Crippen molar-refractivity contribution in [3.63, 3.8) is 0 Å². The summed E-state index contributed by atoms with van der Waals surface area (Å²) in [4.78, 5) is 0. The number of hydrogen-bond acceptors (Lipinski definition) is 4. The van der Waals surface area contributed by atoms with Gasteiger partial charge in [-0.2, -0.15) is 0 Å². The van der Waals surface area contributed by atoms with E-state index in [1.807, 2.05) is 13.8 Å². The summed E-state index contributed by atoms with van der Waals surface area (Å²) < 4.78 is 24.4. The molecule has 0 heterocycles. The van der Waals surface area contributed by atoms with E-state index in [2.05, 4.69) is 26.1 Å². The molecule has 0 fully saturated rings. The predicted molar refractivity (Wildman–Crippen MR) is 86.3 cm³/mol. The van der Waals surface area contributed by atoms with E-state index in [-0.39, 0.29) is 0 Å². The van der Waals surface area contributed by atoms with Gasteiger partial charge < -0.3 is 14.4 Å². The van der Waals surface area contributed by atoms with Crippen molar-refractivity contribution in [2.75, 3.05) is 19.8 Å². The van der Waals surface area contributed by atoms with Gasteiger partial charge in [-0.25, -0.2) is 0 Å². The fraction of sp³-hybridized carbons (Fsp3) is 1.00. The molecule has 0 saturated carbocycles. The molecule has 0 saturated heterocycles. The Bertz CT molecular complexity index is 268. The first-order chi connectivity index (χ1) is 9.43. The van der Waals surface area contributed by atoms with Gasteiger partial charge in [-0.3, -0.25) is 4.57 Å². The summed E-state index contributed by atoms with van der Waals surface area (Å²) in [6.07, 6.45) is 6.05. The van der Waals surface area contributed by atoms with Crippen LogP contribution in [0.15, 0.2) is 0 Å². The van der Waals surface area contributed by atoms with Crippen LogP contribution in [0.3, 0.4) is 0 Å². The molecule has 0 aromatic rings. The predicted octanol–water partition coefficient (Wildman–Crippen LogP) is 4.94. The number of hydrogen-bond donors (Lipinski definition) is 1. The second-order valence-electron chi connectivity index (χ2n) is 5.71. The van der Waals surface area contributed by atoms with Gasteiger partial charge in [0.05, 0.1) is 13.2 Å². The van der Waals surface area contributed by atoms with Crippen LogP contribution in [0.25, 0.3) is 0 Å². The Kier molecular flexibility index (Phi) is 10.8. The molecular weight excluding hydrogens is 273 g/mol. The molecule has 0 aromatic carbocycles. The molecule has 0 atom stereocenters. The van der Waals surface area contributed by atoms with Crippen LogP contribution < -0.4 is 5.32 Å². The second kappa shape index (κ2) is 10.8. The SMILES string of the molecule is CCCCNC(C)(C)P(=O)(OCCCC)OCCCC. The minimum absolute atomic E-state index is 0.499. The molecule has 0 unspecified atom stereocenters. The highest BCUT2D eigenvalue weighted by molar-refractivity contribution is 7.55. The Morgan fingerprint density at radius 2 is 1.35 bits per heavy atom. The van der Waals surface area contributed by atoms with Crippen molar-refractivity contribution in [2.24, 2.45) is 0 Å². The first-order valence-corrected chi connectivity index (χ1v) is 9.62. The highest BCUT2D eigenvalue weighted by Crippen LogP contribution is 2.58. The van der Waals surface area contributed by atoms with E-state index in [0.717, 1.165) is 45.1 Å². The summed E-state index contributed by atoms with van der Waals surface area (Å²) in [5.74, 6) is 0.